The molecular formula is C27H26ClN3O4S. The smallest absolute Gasteiger partial charge is 0.338 e. The van der Waals surface area contributed by atoms with E-state index in [1.165, 1.54) is 11.8 Å². The average Bonchev–Trinajstić information content (AvgIpc) is 3.29. The zero-order valence-corrected chi connectivity index (χ0v) is 21.4. The third-order valence-electron chi connectivity index (χ3n) is 6.29. The Morgan fingerprint density at radius 3 is 2.67 bits per heavy atom. The van der Waals surface area contributed by atoms with Crippen LogP contribution in [0.5, 0.6) is 0 Å². The number of esters is 1. The molecule has 0 spiro atoms. The number of morpholine rings is 1. The third-order valence-corrected chi connectivity index (χ3v) is 7.42. The van der Waals surface area contributed by atoms with E-state index >= 15 is 0 Å². The summed E-state index contributed by atoms with van der Waals surface area (Å²) >= 11 is 7.81. The Morgan fingerprint density at radius 2 is 1.92 bits per heavy atom. The van der Waals surface area contributed by atoms with Gasteiger partial charge >= 0.3 is 5.97 Å². The van der Waals surface area contributed by atoms with Gasteiger partial charge in [-0.15, -0.1) is 0 Å². The first-order valence-electron chi connectivity index (χ1n) is 11.8. The fraction of sp³-hybridized carbons (Fsp3) is 0.296. The Balaban J connectivity index is 1.45. The van der Waals surface area contributed by atoms with Crippen LogP contribution in [0, 0.1) is 0 Å². The number of allylic oxidation sites excluding steroid dienone is 1. The van der Waals surface area contributed by atoms with E-state index in [4.69, 9.17) is 26.1 Å². The van der Waals surface area contributed by atoms with Gasteiger partial charge in [0.05, 0.1) is 36.9 Å². The summed E-state index contributed by atoms with van der Waals surface area (Å²) in [7, 11) is 0. The molecule has 0 aromatic heterocycles. The van der Waals surface area contributed by atoms with Gasteiger partial charge in [0.2, 0.25) is 5.91 Å². The summed E-state index contributed by atoms with van der Waals surface area (Å²) in [5, 5.41) is 3.23. The largest absolute Gasteiger partial charge is 0.457 e. The molecule has 0 radical (unpaired) electrons. The van der Waals surface area contributed by atoms with Gasteiger partial charge in [-0.1, -0.05) is 65.8 Å². The predicted molar refractivity (Wildman–Crippen MR) is 140 cm³/mol. The molecule has 0 unspecified atom stereocenters. The van der Waals surface area contributed by atoms with E-state index in [0.29, 0.717) is 42.6 Å². The summed E-state index contributed by atoms with van der Waals surface area (Å²) in [6.45, 7) is 4.21. The zero-order valence-electron chi connectivity index (χ0n) is 19.9. The Morgan fingerprint density at radius 1 is 1.14 bits per heavy atom. The number of ether oxygens (including phenoxy) is 2. The van der Waals surface area contributed by atoms with Crippen LogP contribution in [0.2, 0.25) is 5.02 Å². The SMILES string of the molecule is CC1=C(C(=O)OCc2ccccc2)[C@H](c2cccc(Cl)c2)N2C(CC(=O)N3CCOCC3)=CSC2=N1. The minimum absolute atomic E-state index is 0.0238. The Hall–Kier alpha value is -3.07. The number of thioether (sulfide) groups is 1. The lowest BCUT2D eigenvalue weighted by Crippen LogP contribution is -2.42. The molecule has 186 valence electrons. The number of rotatable bonds is 6. The first-order valence-corrected chi connectivity index (χ1v) is 13.0. The van der Waals surface area contributed by atoms with E-state index in [-0.39, 0.29) is 18.9 Å². The van der Waals surface area contributed by atoms with Crippen molar-refractivity contribution in [3.05, 3.63) is 93.1 Å². The topological polar surface area (TPSA) is 71.4 Å². The van der Waals surface area contributed by atoms with Gasteiger partial charge in [-0.3, -0.25) is 4.79 Å². The van der Waals surface area contributed by atoms with Crippen molar-refractivity contribution in [2.24, 2.45) is 4.99 Å². The van der Waals surface area contributed by atoms with Crippen LogP contribution in [-0.4, -0.2) is 53.1 Å². The molecule has 1 saturated heterocycles. The molecule has 3 aliphatic rings. The van der Waals surface area contributed by atoms with Gasteiger partial charge in [0, 0.05) is 23.8 Å². The van der Waals surface area contributed by atoms with E-state index in [9.17, 15) is 9.59 Å². The third kappa shape index (κ3) is 5.21. The molecule has 1 atom stereocenters. The van der Waals surface area contributed by atoms with Crippen LogP contribution >= 0.6 is 23.4 Å². The molecule has 3 heterocycles. The van der Waals surface area contributed by atoms with Crippen molar-refractivity contribution >= 4 is 40.4 Å². The van der Waals surface area contributed by atoms with Crippen LogP contribution in [0.4, 0.5) is 0 Å². The predicted octanol–water partition coefficient (Wildman–Crippen LogP) is 4.91. The highest BCUT2D eigenvalue weighted by Crippen LogP contribution is 2.45. The molecule has 1 amide bonds. The Labute approximate surface area is 219 Å². The van der Waals surface area contributed by atoms with E-state index in [1.807, 2.05) is 70.7 Å². The highest BCUT2D eigenvalue weighted by molar-refractivity contribution is 8.16. The van der Waals surface area contributed by atoms with Gasteiger partial charge in [0.1, 0.15) is 6.61 Å². The fourth-order valence-electron chi connectivity index (χ4n) is 4.50. The molecule has 0 bridgehead atoms. The number of hydrogen-bond donors (Lipinski definition) is 0. The molecule has 36 heavy (non-hydrogen) atoms. The molecule has 5 rings (SSSR count). The molecular weight excluding hydrogens is 498 g/mol. The Bertz CT molecular complexity index is 1250. The second kappa shape index (κ2) is 10.9. The van der Waals surface area contributed by atoms with Crippen molar-refractivity contribution < 1.29 is 19.1 Å². The van der Waals surface area contributed by atoms with Crippen LogP contribution in [-0.2, 0) is 25.7 Å². The van der Waals surface area contributed by atoms with Gasteiger partial charge in [-0.05, 0) is 35.6 Å². The lowest BCUT2D eigenvalue weighted by Gasteiger charge is -2.37. The minimum atomic E-state index is -0.516. The lowest BCUT2D eigenvalue weighted by atomic mass is 9.94. The fourth-order valence-corrected chi connectivity index (χ4v) is 5.67. The van der Waals surface area contributed by atoms with Crippen LogP contribution in [0.15, 0.2) is 82.0 Å². The molecule has 1 fully saturated rings. The van der Waals surface area contributed by atoms with Crippen molar-refractivity contribution in [3.63, 3.8) is 0 Å². The van der Waals surface area contributed by atoms with E-state index in [1.54, 1.807) is 6.07 Å². The first kappa shape index (κ1) is 24.6. The monoisotopic (exact) mass is 523 g/mol. The molecule has 3 aliphatic heterocycles. The molecule has 7 nitrogen and oxygen atoms in total. The number of amidine groups is 1. The standard InChI is InChI=1S/C27H26ClN3O4S/c1-18-24(26(33)35-16-19-6-3-2-4-7-19)25(20-8-5-9-21(28)14-20)31-22(17-36-27(31)29-18)15-23(32)30-10-12-34-13-11-30/h2-9,14,17,25H,10-13,15-16H2,1H3/t25-/m0/s1. The maximum absolute atomic E-state index is 13.5. The number of halogens is 1. The number of fused-ring (bicyclic) bond motifs is 1. The van der Waals surface area contributed by atoms with Gasteiger partial charge in [-0.2, -0.15) is 0 Å². The highest BCUT2D eigenvalue weighted by atomic mass is 35.5. The minimum Gasteiger partial charge on any atom is -0.457 e. The average molecular weight is 524 g/mol. The molecule has 0 N–H and O–H groups in total. The highest BCUT2D eigenvalue weighted by Gasteiger charge is 2.41. The number of carbonyl (C=O) groups excluding carboxylic acids is 2. The van der Waals surface area contributed by atoms with Crippen LogP contribution in [0.25, 0.3) is 0 Å². The van der Waals surface area contributed by atoms with E-state index in [0.717, 1.165) is 22.0 Å². The van der Waals surface area contributed by atoms with Gasteiger partial charge in [-0.25, -0.2) is 9.79 Å². The first-order chi connectivity index (χ1) is 17.5. The normalized spacial score (nSPS) is 19.6. The number of hydrogen-bond acceptors (Lipinski definition) is 7. The summed E-state index contributed by atoms with van der Waals surface area (Å²) in [5.74, 6) is -0.421. The second-order valence-corrected chi connectivity index (χ2v) is 9.95. The van der Waals surface area contributed by atoms with Crippen LogP contribution in [0.3, 0.4) is 0 Å². The molecule has 2 aromatic carbocycles. The van der Waals surface area contributed by atoms with Crippen molar-refractivity contribution in [3.8, 4) is 0 Å². The molecule has 0 saturated carbocycles. The molecule has 9 heteroatoms. The quantitative estimate of drug-likeness (QED) is 0.501. The van der Waals surface area contributed by atoms with Crippen LogP contribution < -0.4 is 0 Å². The zero-order chi connectivity index (χ0) is 25.1. The summed E-state index contributed by atoms with van der Waals surface area (Å²) < 4.78 is 11.1. The summed E-state index contributed by atoms with van der Waals surface area (Å²) in [4.78, 5) is 35.1. The number of nitrogens with zero attached hydrogens (tertiary/aromatic N) is 3. The number of carbonyl (C=O) groups is 2. The van der Waals surface area contributed by atoms with Gasteiger partial charge in [0.15, 0.2) is 5.17 Å². The van der Waals surface area contributed by atoms with Gasteiger partial charge < -0.3 is 19.3 Å². The van der Waals surface area contributed by atoms with Crippen molar-refractivity contribution in [2.45, 2.75) is 26.0 Å². The summed E-state index contributed by atoms with van der Waals surface area (Å²) in [6.07, 6.45) is 0.203. The van der Waals surface area contributed by atoms with Crippen LogP contribution in [0.1, 0.15) is 30.5 Å². The van der Waals surface area contributed by atoms with Crippen molar-refractivity contribution in [1.82, 2.24) is 9.80 Å². The number of benzene rings is 2. The lowest BCUT2D eigenvalue weighted by molar-refractivity contribution is -0.141. The van der Waals surface area contributed by atoms with E-state index < -0.39 is 12.0 Å². The second-order valence-electron chi connectivity index (χ2n) is 8.68. The molecule has 2 aromatic rings. The number of amides is 1. The Kier molecular flexibility index (Phi) is 7.46. The van der Waals surface area contributed by atoms with Crippen molar-refractivity contribution in [1.29, 1.82) is 0 Å². The maximum Gasteiger partial charge on any atom is 0.338 e. The maximum atomic E-state index is 13.5. The van der Waals surface area contributed by atoms with Gasteiger partial charge in [0.25, 0.3) is 0 Å². The number of aliphatic imine (C=N–C) groups is 1. The van der Waals surface area contributed by atoms with E-state index in [2.05, 4.69) is 0 Å². The summed E-state index contributed by atoms with van der Waals surface area (Å²) in [5.41, 5.74) is 3.54. The van der Waals surface area contributed by atoms with Crippen molar-refractivity contribution in [2.75, 3.05) is 26.3 Å². The molecule has 0 aliphatic carbocycles. The summed E-state index contributed by atoms with van der Waals surface area (Å²) in [6, 6.07) is 16.5.